The molecule has 2 nitrogen and oxygen atoms in total. The highest BCUT2D eigenvalue weighted by Crippen LogP contribution is 2.27. The Balaban J connectivity index is 4.09. The molecular formula is C13H26ClNO. The third kappa shape index (κ3) is 5.74. The Kier molecular flexibility index (Phi) is 6.39. The van der Waals surface area contributed by atoms with Gasteiger partial charge in [0.1, 0.15) is 0 Å². The van der Waals surface area contributed by atoms with Crippen molar-refractivity contribution in [2.75, 3.05) is 5.88 Å². The molecule has 0 spiro atoms. The Bertz CT molecular complexity index is 222. The van der Waals surface area contributed by atoms with E-state index in [1.807, 2.05) is 13.8 Å². The second kappa shape index (κ2) is 6.48. The van der Waals surface area contributed by atoms with Gasteiger partial charge in [0, 0.05) is 18.3 Å². The van der Waals surface area contributed by atoms with Crippen LogP contribution in [0.5, 0.6) is 0 Å². The number of rotatable bonds is 5. The summed E-state index contributed by atoms with van der Waals surface area (Å²) >= 11 is 5.76. The molecule has 0 fully saturated rings. The average molecular weight is 248 g/mol. The quantitative estimate of drug-likeness (QED) is 0.741. The van der Waals surface area contributed by atoms with Gasteiger partial charge >= 0.3 is 0 Å². The zero-order valence-electron chi connectivity index (χ0n) is 11.4. The molecule has 0 saturated heterocycles. The van der Waals surface area contributed by atoms with Gasteiger partial charge in [-0.05, 0) is 24.2 Å². The third-order valence-corrected chi connectivity index (χ3v) is 3.94. The van der Waals surface area contributed by atoms with E-state index in [4.69, 9.17) is 11.6 Å². The molecule has 16 heavy (non-hydrogen) atoms. The van der Waals surface area contributed by atoms with Crippen LogP contribution in [-0.2, 0) is 4.79 Å². The van der Waals surface area contributed by atoms with Gasteiger partial charge in [-0.2, -0.15) is 0 Å². The van der Waals surface area contributed by atoms with E-state index in [0.717, 1.165) is 0 Å². The highest BCUT2D eigenvalue weighted by molar-refractivity contribution is 6.18. The minimum absolute atomic E-state index is 0.131. The number of amides is 1. The lowest BCUT2D eigenvalue weighted by atomic mass is 9.80. The molecule has 0 aliphatic carbocycles. The van der Waals surface area contributed by atoms with E-state index in [2.05, 4.69) is 33.0 Å². The largest absolute Gasteiger partial charge is 0.353 e. The molecule has 0 aromatic heterocycles. The van der Waals surface area contributed by atoms with Gasteiger partial charge < -0.3 is 5.32 Å². The first-order valence-corrected chi connectivity index (χ1v) is 6.57. The fraction of sp³-hybridized carbons (Fsp3) is 0.923. The average Bonchev–Trinajstić information content (AvgIpc) is 2.14. The molecule has 3 heteroatoms. The molecule has 96 valence electrons. The first-order chi connectivity index (χ1) is 7.18. The molecule has 1 N–H and O–H groups in total. The summed E-state index contributed by atoms with van der Waals surface area (Å²) in [6, 6.07) is 0.150. The third-order valence-electron chi connectivity index (χ3n) is 3.46. The lowest BCUT2D eigenvalue weighted by Crippen LogP contribution is -2.39. The standard InChI is InChI=1S/C13H26ClNO/c1-9(8-14)11(3)15-12(16)7-10(2)13(4,5)6/h9-11H,7-8H2,1-6H3,(H,15,16). The summed E-state index contributed by atoms with van der Waals surface area (Å²) in [4.78, 5) is 11.8. The lowest BCUT2D eigenvalue weighted by molar-refractivity contribution is -0.123. The van der Waals surface area contributed by atoms with Crippen LogP contribution in [0.2, 0.25) is 0 Å². The summed E-state index contributed by atoms with van der Waals surface area (Å²) in [5.41, 5.74) is 0.179. The van der Waals surface area contributed by atoms with Crippen LogP contribution in [-0.4, -0.2) is 17.8 Å². The molecule has 0 radical (unpaired) electrons. The van der Waals surface area contributed by atoms with Crippen LogP contribution in [0.25, 0.3) is 0 Å². The van der Waals surface area contributed by atoms with Gasteiger partial charge in [0.05, 0.1) is 0 Å². The Morgan fingerprint density at radius 3 is 2.12 bits per heavy atom. The Morgan fingerprint density at radius 2 is 1.75 bits per heavy atom. The molecule has 0 saturated carbocycles. The highest BCUT2D eigenvalue weighted by atomic mass is 35.5. The Hall–Kier alpha value is -0.240. The number of nitrogens with one attached hydrogen (secondary N) is 1. The van der Waals surface area contributed by atoms with Gasteiger partial charge in [-0.3, -0.25) is 4.79 Å². The van der Waals surface area contributed by atoms with E-state index in [9.17, 15) is 4.79 Å². The van der Waals surface area contributed by atoms with Crippen molar-refractivity contribution in [1.29, 1.82) is 0 Å². The summed E-state index contributed by atoms with van der Waals surface area (Å²) in [5, 5.41) is 3.01. The van der Waals surface area contributed by atoms with Crippen molar-refractivity contribution in [2.45, 2.75) is 54.0 Å². The van der Waals surface area contributed by atoms with E-state index in [-0.39, 0.29) is 17.4 Å². The molecule has 0 rings (SSSR count). The van der Waals surface area contributed by atoms with Crippen LogP contribution in [0.15, 0.2) is 0 Å². The fourth-order valence-electron chi connectivity index (χ4n) is 1.17. The monoisotopic (exact) mass is 247 g/mol. The summed E-state index contributed by atoms with van der Waals surface area (Å²) < 4.78 is 0. The van der Waals surface area contributed by atoms with Gasteiger partial charge in [-0.15, -0.1) is 11.6 Å². The Labute approximate surface area is 105 Å². The molecule has 3 unspecified atom stereocenters. The molecule has 0 heterocycles. The van der Waals surface area contributed by atoms with Crippen molar-refractivity contribution in [3.8, 4) is 0 Å². The van der Waals surface area contributed by atoms with Crippen molar-refractivity contribution in [2.24, 2.45) is 17.3 Å². The second-order valence-electron chi connectivity index (χ2n) is 5.96. The first kappa shape index (κ1) is 15.8. The first-order valence-electron chi connectivity index (χ1n) is 6.03. The van der Waals surface area contributed by atoms with Crippen LogP contribution < -0.4 is 5.32 Å². The van der Waals surface area contributed by atoms with Crippen molar-refractivity contribution in [3.05, 3.63) is 0 Å². The molecule has 3 atom stereocenters. The minimum atomic E-state index is 0.131. The van der Waals surface area contributed by atoms with Crippen molar-refractivity contribution < 1.29 is 4.79 Å². The number of carbonyl (C=O) groups is 1. The van der Waals surface area contributed by atoms with Gasteiger partial charge in [0.2, 0.25) is 5.91 Å². The van der Waals surface area contributed by atoms with E-state index >= 15 is 0 Å². The van der Waals surface area contributed by atoms with Crippen LogP contribution in [0.3, 0.4) is 0 Å². The predicted octanol–water partition coefficient (Wildman–Crippen LogP) is 3.44. The number of carbonyl (C=O) groups excluding carboxylic acids is 1. The summed E-state index contributed by atoms with van der Waals surface area (Å²) in [6.07, 6.45) is 0.586. The van der Waals surface area contributed by atoms with Crippen LogP contribution in [0.4, 0.5) is 0 Å². The van der Waals surface area contributed by atoms with E-state index in [0.29, 0.717) is 24.1 Å². The number of halogens is 1. The topological polar surface area (TPSA) is 29.1 Å². The molecule has 0 aromatic rings. The molecular weight excluding hydrogens is 222 g/mol. The number of hydrogen-bond donors (Lipinski definition) is 1. The van der Waals surface area contributed by atoms with Crippen molar-refractivity contribution in [1.82, 2.24) is 5.32 Å². The maximum Gasteiger partial charge on any atom is 0.220 e. The van der Waals surface area contributed by atoms with Gasteiger partial charge in [0.25, 0.3) is 0 Å². The van der Waals surface area contributed by atoms with E-state index < -0.39 is 0 Å². The molecule has 1 amide bonds. The predicted molar refractivity (Wildman–Crippen MR) is 70.7 cm³/mol. The molecule has 0 aliphatic heterocycles. The Morgan fingerprint density at radius 1 is 1.25 bits per heavy atom. The van der Waals surface area contributed by atoms with Gasteiger partial charge in [-0.25, -0.2) is 0 Å². The lowest BCUT2D eigenvalue weighted by Gasteiger charge is -2.28. The smallest absolute Gasteiger partial charge is 0.220 e. The summed E-state index contributed by atoms with van der Waals surface area (Å²) in [7, 11) is 0. The normalized spacial score (nSPS) is 17.7. The maximum absolute atomic E-state index is 11.8. The minimum Gasteiger partial charge on any atom is -0.353 e. The number of hydrogen-bond acceptors (Lipinski definition) is 1. The SMILES string of the molecule is CC(CCl)C(C)NC(=O)CC(C)C(C)(C)C. The van der Waals surface area contributed by atoms with E-state index in [1.54, 1.807) is 0 Å². The summed E-state index contributed by atoms with van der Waals surface area (Å²) in [5.74, 6) is 1.41. The number of alkyl halides is 1. The second-order valence-corrected chi connectivity index (χ2v) is 6.27. The highest BCUT2D eigenvalue weighted by Gasteiger charge is 2.23. The van der Waals surface area contributed by atoms with Gasteiger partial charge in [0.15, 0.2) is 0 Å². The van der Waals surface area contributed by atoms with Crippen molar-refractivity contribution in [3.63, 3.8) is 0 Å². The molecule has 0 bridgehead atoms. The van der Waals surface area contributed by atoms with Crippen LogP contribution in [0, 0.1) is 17.3 Å². The maximum atomic E-state index is 11.8. The zero-order chi connectivity index (χ0) is 12.9. The van der Waals surface area contributed by atoms with Crippen LogP contribution >= 0.6 is 11.6 Å². The van der Waals surface area contributed by atoms with Crippen molar-refractivity contribution >= 4 is 17.5 Å². The van der Waals surface area contributed by atoms with E-state index in [1.165, 1.54) is 0 Å². The summed E-state index contributed by atoms with van der Waals surface area (Å²) in [6.45, 7) is 12.7. The molecule has 0 aliphatic rings. The molecule has 0 aromatic carbocycles. The zero-order valence-corrected chi connectivity index (χ0v) is 12.2. The van der Waals surface area contributed by atoms with Crippen LogP contribution in [0.1, 0.15) is 48.0 Å². The van der Waals surface area contributed by atoms with Gasteiger partial charge in [-0.1, -0.05) is 34.6 Å². The fourth-order valence-corrected chi connectivity index (χ4v) is 1.44.